The van der Waals surface area contributed by atoms with Crippen molar-refractivity contribution < 1.29 is 4.79 Å². The number of hydrogen-bond donors (Lipinski definition) is 1. The first-order valence-electron chi connectivity index (χ1n) is 5.18. The zero-order chi connectivity index (χ0) is 11.5. The molecule has 0 aliphatic heterocycles. The molecular formula is C12H11BrN2O. The van der Waals surface area contributed by atoms with Crippen molar-refractivity contribution >= 4 is 27.5 Å². The minimum Gasteiger partial charge on any atom is -0.325 e. The summed E-state index contributed by atoms with van der Waals surface area (Å²) >= 11 is 3.29. The molecule has 0 radical (unpaired) electrons. The number of carbonyl (C=O) groups excluding carboxylic acids is 1. The van der Waals surface area contributed by atoms with Gasteiger partial charge in [0.15, 0.2) is 0 Å². The summed E-state index contributed by atoms with van der Waals surface area (Å²) in [5.74, 6) is 0.558. The molecule has 3 nitrogen and oxygen atoms in total. The number of rotatable bonds is 3. The summed E-state index contributed by atoms with van der Waals surface area (Å²) < 4.78 is 0.837. The van der Waals surface area contributed by atoms with E-state index in [9.17, 15) is 4.79 Å². The highest BCUT2D eigenvalue weighted by atomic mass is 79.9. The zero-order valence-corrected chi connectivity index (χ0v) is 10.3. The van der Waals surface area contributed by atoms with Gasteiger partial charge in [0.25, 0.3) is 0 Å². The van der Waals surface area contributed by atoms with Gasteiger partial charge in [0, 0.05) is 10.9 Å². The van der Waals surface area contributed by atoms with E-state index in [2.05, 4.69) is 27.3 Å². The Labute approximate surface area is 103 Å². The molecule has 0 bridgehead atoms. The second kappa shape index (κ2) is 4.67. The van der Waals surface area contributed by atoms with Gasteiger partial charge in [-0.2, -0.15) is 5.26 Å². The Morgan fingerprint density at radius 2 is 2.31 bits per heavy atom. The van der Waals surface area contributed by atoms with Crippen molar-refractivity contribution in [2.75, 3.05) is 5.32 Å². The Morgan fingerprint density at radius 3 is 2.94 bits per heavy atom. The highest BCUT2D eigenvalue weighted by Gasteiger charge is 2.24. The van der Waals surface area contributed by atoms with Crippen LogP contribution in [0, 0.1) is 17.2 Å². The van der Waals surface area contributed by atoms with Crippen LogP contribution in [-0.4, -0.2) is 5.91 Å². The summed E-state index contributed by atoms with van der Waals surface area (Å²) in [6.45, 7) is 0. The average molecular weight is 279 g/mol. The fraction of sp³-hybridized carbons (Fsp3) is 0.333. The number of amides is 1. The van der Waals surface area contributed by atoms with E-state index < -0.39 is 0 Å². The molecule has 1 aromatic carbocycles. The smallest absolute Gasteiger partial charge is 0.224 e. The molecule has 0 aromatic heterocycles. The third-order valence-corrected chi connectivity index (χ3v) is 3.04. The van der Waals surface area contributed by atoms with E-state index in [-0.39, 0.29) is 5.91 Å². The molecule has 1 aliphatic rings. The van der Waals surface area contributed by atoms with Crippen LogP contribution in [0.3, 0.4) is 0 Å². The van der Waals surface area contributed by atoms with Crippen LogP contribution < -0.4 is 5.32 Å². The van der Waals surface area contributed by atoms with Crippen molar-refractivity contribution in [3.8, 4) is 6.07 Å². The second-order valence-corrected chi connectivity index (χ2v) is 4.91. The lowest BCUT2D eigenvalue weighted by Crippen LogP contribution is -2.12. The van der Waals surface area contributed by atoms with Crippen molar-refractivity contribution in [3.05, 3.63) is 28.2 Å². The van der Waals surface area contributed by atoms with Gasteiger partial charge >= 0.3 is 0 Å². The first-order valence-corrected chi connectivity index (χ1v) is 5.98. The van der Waals surface area contributed by atoms with Crippen molar-refractivity contribution in [1.82, 2.24) is 0 Å². The second-order valence-electron chi connectivity index (χ2n) is 4.00. The van der Waals surface area contributed by atoms with Gasteiger partial charge in [0.05, 0.1) is 11.3 Å². The molecule has 0 saturated heterocycles. The van der Waals surface area contributed by atoms with Gasteiger partial charge in [-0.25, -0.2) is 0 Å². The summed E-state index contributed by atoms with van der Waals surface area (Å²) in [5, 5.41) is 11.7. The van der Waals surface area contributed by atoms with Crippen LogP contribution in [0.4, 0.5) is 5.69 Å². The fourth-order valence-electron chi connectivity index (χ4n) is 1.50. The van der Waals surface area contributed by atoms with Gasteiger partial charge in [0.1, 0.15) is 6.07 Å². The first kappa shape index (κ1) is 11.2. The number of hydrogen-bond acceptors (Lipinski definition) is 2. The largest absolute Gasteiger partial charge is 0.325 e. The average Bonchev–Trinajstić information content (AvgIpc) is 3.04. The van der Waals surface area contributed by atoms with Crippen molar-refractivity contribution in [2.45, 2.75) is 19.3 Å². The summed E-state index contributed by atoms with van der Waals surface area (Å²) in [6, 6.07) is 7.32. The molecule has 82 valence electrons. The summed E-state index contributed by atoms with van der Waals surface area (Å²) in [5.41, 5.74) is 1.08. The molecule has 1 aromatic rings. The standard InChI is InChI=1S/C12H11BrN2O/c13-10-3-4-11(9(6-10)7-14)15-12(16)5-8-1-2-8/h3-4,6,8H,1-2,5H2,(H,15,16). The van der Waals surface area contributed by atoms with E-state index in [1.54, 1.807) is 12.1 Å². The zero-order valence-electron chi connectivity index (χ0n) is 8.66. The van der Waals surface area contributed by atoms with E-state index in [4.69, 9.17) is 5.26 Å². The Morgan fingerprint density at radius 1 is 1.56 bits per heavy atom. The van der Waals surface area contributed by atoms with Crippen LogP contribution in [0.25, 0.3) is 0 Å². The van der Waals surface area contributed by atoms with Gasteiger partial charge in [-0.3, -0.25) is 4.79 Å². The lowest BCUT2D eigenvalue weighted by atomic mass is 10.2. The normalized spacial score (nSPS) is 14.2. The molecule has 0 unspecified atom stereocenters. The maximum absolute atomic E-state index is 11.6. The van der Waals surface area contributed by atoms with Crippen molar-refractivity contribution in [1.29, 1.82) is 5.26 Å². The van der Waals surface area contributed by atoms with E-state index >= 15 is 0 Å². The molecule has 16 heavy (non-hydrogen) atoms. The summed E-state index contributed by atoms with van der Waals surface area (Å²) in [7, 11) is 0. The van der Waals surface area contributed by atoms with Crippen LogP contribution in [0.2, 0.25) is 0 Å². The Bertz CT molecular complexity index is 461. The maximum atomic E-state index is 11.6. The molecule has 2 rings (SSSR count). The van der Waals surface area contributed by atoms with Crippen LogP contribution in [0.5, 0.6) is 0 Å². The molecule has 0 spiro atoms. The lowest BCUT2D eigenvalue weighted by molar-refractivity contribution is -0.116. The topological polar surface area (TPSA) is 52.9 Å². The van der Waals surface area contributed by atoms with Crippen LogP contribution >= 0.6 is 15.9 Å². The number of benzene rings is 1. The van der Waals surface area contributed by atoms with Gasteiger partial charge in [-0.1, -0.05) is 15.9 Å². The van der Waals surface area contributed by atoms with Crippen molar-refractivity contribution in [2.24, 2.45) is 5.92 Å². The highest BCUT2D eigenvalue weighted by molar-refractivity contribution is 9.10. The molecule has 1 fully saturated rings. The Balaban J connectivity index is 2.08. The minimum absolute atomic E-state index is 0.00122. The Kier molecular flexibility index (Phi) is 3.25. The molecular weight excluding hydrogens is 268 g/mol. The predicted octanol–water partition coefficient (Wildman–Crippen LogP) is 3.06. The van der Waals surface area contributed by atoms with E-state index in [0.717, 1.165) is 17.3 Å². The minimum atomic E-state index is 0.00122. The monoisotopic (exact) mass is 278 g/mol. The van der Waals surface area contributed by atoms with Gasteiger partial charge < -0.3 is 5.32 Å². The quantitative estimate of drug-likeness (QED) is 0.924. The molecule has 1 saturated carbocycles. The molecule has 0 atom stereocenters. The van der Waals surface area contributed by atoms with Gasteiger partial charge in [-0.05, 0) is 37.0 Å². The first-order chi connectivity index (χ1) is 7.69. The fourth-order valence-corrected chi connectivity index (χ4v) is 1.86. The third kappa shape index (κ3) is 2.83. The lowest BCUT2D eigenvalue weighted by Gasteiger charge is -2.06. The number of carbonyl (C=O) groups is 1. The molecule has 0 heterocycles. The third-order valence-electron chi connectivity index (χ3n) is 2.55. The SMILES string of the molecule is N#Cc1cc(Br)ccc1NC(=O)CC1CC1. The number of halogens is 1. The summed E-state index contributed by atoms with van der Waals surface area (Å²) in [6.07, 6.45) is 2.87. The van der Waals surface area contributed by atoms with Gasteiger partial charge in [-0.15, -0.1) is 0 Å². The van der Waals surface area contributed by atoms with E-state index in [1.165, 1.54) is 0 Å². The molecule has 1 amide bonds. The molecule has 1 N–H and O–H groups in total. The number of anilines is 1. The van der Waals surface area contributed by atoms with Crippen LogP contribution in [0.1, 0.15) is 24.8 Å². The van der Waals surface area contributed by atoms with Crippen LogP contribution in [0.15, 0.2) is 22.7 Å². The van der Waals surface area contributed by atoms with E-state index in [1.807, 2.05) is 6.07 Å². The van der Waals surface area contributed by atoms with Crippen molar-refractivity contribution in [3.63, 3.8) is 0 Å². The number of nitriles is 1. The summed E-state index contributed by atoms with van der Waals surface area (Å²) in [4.78, 5) is 11.6. The number of nitrogens with one attached hydrogen (secondary N) is 1. The maximum Gasteiger partial charge on any atom is 0.224 e. The molecule has 1 aliphatic carbocycles. The number of nitrogens with zero attached hydrogens (tertiary/aromatic N) is 1. The van der Waals surface area contributed by atoms with Crippen LogP contribution in [-0.2, 0) is 4.79 Å². The Hall–Kier alpha value is -1.34. The van der Waals surface area contributed by atoms with Gasteiger partial charge in [0.2, 0.25) is 5.91 Å². The predicted molar refractivity (Wildman–Crippen MR) is 64.8 cm³/mol. The van der Waals surface area contributed by atoms with E-state index in [0.29, 0.717) is 23.6 Å². The highest BCUT2D eigenvalue weighted by Crippen LogP contribution is 2.32. The molecule has 4 heteroatoms.